The fraction of sp³-hybridized carbons (Fsp3) is 0.461. The third-order valence-electron chi connectivity index (χ3n) is 16.5. The molecule has 0 aromatic heterocycles. The van der Waals surface area contributed by atoms with Crippen molar-refractivity contribution in [1.82, 2.24) is 0 Å². The van der Waals surface area contributed by atoms with Crippen LogP contribution in [0.2, 0.25) is 0 Å². The van der Waals surface area contributed by atoms with Crippen molar-refractivity contribution in [3.05, 3.63) is 169 Å². The van der Waals surface area contributed by atoms with Crippen LogP contribution in [0.15, 0.2) is 90.7 Å². The van der Waals surface area contributed by atoms with Crippen LogP contribution in [0.25, 0.3) is 0 Å². The summed E-state index contributed by atoms with van der Waals surface area (Å²) in [5.74, 6) is -0.728. The summed E-state index contributed by atoms with van der Waals surface area (Å²) in [7, 11) is 11.3. The second kappa shape index (κ2) is 36.8. The molecule has 23 heteroatoms. The van der Waals surface area contributed by atoms with Gasteiger partial charge in [0.25, 0.3) is 0 Å². The van der Waals surface area contributed by atoms with Gasteiger partial charge in [-0.3, -0.25) is 5.32 Å². The number of amides is 3. The Kier molecular flexibility index (Phi) is 30.7. The van der Waals surface area contributed by atoms with Gasteiger partial charge in [0.05, 0.1) is 35.3 Å². The zero-order valence-electron chi connectivity index (χ0n) is 59.3. The molecule has 6 aromatic carbocycles. The van der Waals surface area contributed by atoms with E-state index < -0.39 is 65.5 Å². The van der Waals surface area contributed by atoms with Gasteiger partial charge in [0.15, 0.2) is 0 Å². The van der Waals surface area contributed by atoms with Crippen molar-refractivity contribution >= 4 is 165 Å². The van der Waals surface area contributed by atoms with E-state index in [1.54, 1.807) is 80.5 Å². The van der Waals surface area contributed by atoms with Crippen LogP contribution in [0.4, 0.5) is 48.5 Å². The van der Waals surface area contributed by atoms with Crippen molar-refractivity contribution in [2.24, 2.45) is 0 Å². The maximum absolute atomic E-state index is 12.7. The number of carbonyl (C=O) groups excluding carboxylic acids is 5. The van der Waals surface area contributed by atoms with E-state index in [0.29, 0.717) is 28.2 Å². The van der Waals surface area contributed by atoms with Crippen molar-refractivity contribution in [3.8, 4) is 0 Å². The number of halogens is 6. The minimum absolute atomic E-state index is 0.318. The number of hydrogen-bond acceptors (Lipinski definition) is 14. The van der Waals surface area contributed by atoms with E-state index in [1.807, 2.05) is 51.1 Å². The number of aryl methyl sites for hydroxylation is 7. The van der Waals surface area contributed by atoms with Crippen LogP contribution in [0.5, 0.6) is 0 Å². The van der Waals surface area contributed by atoms with Gasteiger partial charge in [-0.2, -0.15) is 4.90 Å². The number of fused-ring (bicyclic) bond motifs is 6. The molecule has 0 fully saturated rings. The predicted molar refractivity (Wildman–Crippen MR) is 418 cm³/mol. The molecule has 0 bridgehead atoms. The minimum atomic E-state index is -0.826. The number of hydrogen-bond donors (Lipinski definition) is 5. The van der Waals surface area contributed by atoms with Gasteiger partial charge in [0, 0.05) is 35.0 Å². The molecule has 0 spiro atoms. The van der Waals surface area contributed by atoms with Crippen molar-refractivity contribution in [2.75, 3.05) is 40.3 Å². The van der Waals surface area contributed by atoms with E-state index in [9.17, 15) is 24.0 Å². The van der Waals surface area contributed by atoms with Crippen molar-refractivity contribution in [2.45, 2.75) is 221 Å². The summed E-state index contributed by atoms with van der Waals surface area (Å²) in [6.45, 7) is 21.4. The molecule has 99 heavy (non-hydrogen) atoms. The summed E-state index contributed by atoms with van der Waals surface area (Å²) in [5, 5.41) is 2.70. The van der Waals surface area contributed by atoms with Gasteiger partial charge in [0.2, 0.25) is 0 Å². The molecule has 0 heterocycles. The molecule has 0 saturated heterocycles. The van der Waals surface area contributed by atoms with Crippen molar-refractivity contribution in [1.29, 1.82) is 0 Å². The van der Waals surface area contributed by atoms with E-state index in [4.69, 9.17) is 64.5 Å². The number of nitrogens with zero attached hydrogens (tertiary/aromatic N) is 1. The second-order valence-corrected chi connectivity index (χ2v) is 36.3. The first-order chi connectivity index (χ1) is 46.3. The molecular formula is C76H96Br4Cl2N6O10Sn. The Morgan fingerprint density at radius 1 is 0.434 bits per heavy atom. The molecule has 0 unspecified atom stereocenters. The molecule has 16 nitrogen and oxygen atoms in total. The van der Waals surface area contributed by atoms with Gasteiger partial charge < -0.3 is 46.6 Å². The van der Waals surface area contributed by atoms with Crippen LogP contribution in [0.1, 0.15) is 209 Å². The van der Waals surface area contributed by atoms with E-state index in [2.05, 4.69) is 93.3 Å². The molecule has 6 aliphatic carbocycles. The standard InChI is InChI=1S/C19H26BrNO4.C19H27NO4.C11H13NO2.C9H9Br2N.C9H10BrN.C9H11N.2ClH.Sn/c1-18(2,3)24-16(22)21(17(23)25-19(4,5)6)14-11-10-12-8-7-9-13(12)15(14)20;1-18(2,3)23-16(21)15-13-9-7-8-12(13)10-11-14(15)20-17(22)24-19(4,5)6;1-14-11(13)10-8-4-2-3-7(8)5-6-9(10)12;10-7-4-5-2-1-3-6(5)8(11)9(7)12;10-9-7-3-1-2-6(7)4-5-8(9)11;10-9-5-4-7-2-1-3-8(7)6-9;;;/h10-11H,7-9H2,1-6H3;10-11H,7-9H2,1-6H3,(H,20,22);5-6H,2-4,12H2,1H3;4H,1-3,12H2;4-5H,1-3,11H2;4-6H,1-3,10H2;2*1H;/q;;;;;;;;+2/p-2. The molecule has 0 aliphatic heterocycles. The van der Waals surface area contributed by atoms with Gasteiger partial charge in [-0.1, -0.05) is 30.3 Å². The number of anilines is 6. The fourth-order valence-electron chi connectivity index (χ4n) is 12.3. The van der Waals surface area contributed by atoms with Gasteiger partial charge in [-0.25, -0.2) is 24.0 Å². The van der Waals surface area contributed by atoms with Gasteiger partial charge in [0.1, 0.15) is 22.4 Å². The molecule has 0 saturated carbocycles. The number of carbonyl (C=O) groups is 5. The van der Waals surface area contributed by atoms with Gasteiger partial charge in [-0.05, 0) is 372 Å². The second-order valence-electron chi connectivity index (χ2n) is 28.8. The van der Waals surface area contributed by atoms with Crippen LogP contribution in [-0.2, 0) is 101 Å². The maximum atomic E-state index is 12.7. The van der Waals surface area contributed by atoms with Crippen molar-refractivity contribution < 1.29 is 47.7 Å². The molecule has 12 rings (SSSR count). The zero-order chi connectivity index (χ0) is 73.5. The number of nitrogens with one attached hydrogen (secondary N) is 1. The van der Waals surface area contributed by atoms with Crippen LogP contribution >= 0.6 is 81.6 Å². The monoisotopic (exact) mass is 1760 g/mol. The van der Waals surface area contributed by atoms with Crippen LogP contribution in [-0.4, -0.2) is 78.6 Å². The number of imide groups is 1. The molecule has 536 valence electrons. The first-order valence-corrected chi connectivity index (χ1v) is 43.8. The summed E-state index contributed by atoms with van der Waals surface area (Å²) in [6.07, 6.45) is 17.8. The Morgan fingerprint density at radius 3 is 1.33 bits per heavy atom. The van der Waals surface area contributed by atoms with Crippen molar-refractivity contribution in [3.63, 3.8) is 0 Å². The molecule has 2 radical (unpaired) electrons. The summed E-state index contributed by atoms with van der Waals surface area (Å²) in [5.41, 5.74) is 40.9. The number of ether oxygens (including phenoxy) is 5. The van der Waals surface area contributed by atoms with E-state index in [-0.39, 0.29) is 5.97 Å². The Hall–Kier alpha value is -5.23. The van der Waals surface area contributed by atoms with Gasteiger partial charge >= 0.3 is 66.9 Å². The Balaban J connectivity index is 0.000000192. The third kappa shape index (κ3) is 24.2. The first-order valence-electron chi connectivity index (χ1n) is 33.4. The fourth-order valence-corrected chi connectivity index (χ4v) is 15.1. The topological polar surface area (TPSA) is 251 Å². The molecule has 3 amide bonds. The Bertz CT molecular complexity index is 3870. The molecular weight excluding hydrogens is 1670 g/mol. The third-order valence-corrected chi connectivity index (χ3v) is 19.9. The number of methoxy groups -OCH3 is 1. The SMILES string of the molecule is CC(C)(C)OC(=O)N(C(=O)OC(C)(C)C)c1ccc2c(c1Br)CCC2.CC(C)(C)OC(=O)Nc1ccc2c(c1C(=O)OC(C)(C)C)CCC2.COC(=O)c1c(N)ccc2c1CCC2.Nc1c(Br)cc2c(c1Br)CCC2.Nc1ccc2c(c1)CCC2.Nc1ccc2c(c1Br)CCC2.[Cl][Sn][Cl]. The van der Waals surface area contributed by atoms with Crippen LogP contribution in [0.3, 0.4) is 0 Å². The quantitative estimate of drug-likeness (QED) is 0.0477. The van der Waals surface area contributed by atoms with E-state index >= 15 is 0 Å². The number of nitrogens with two attached hydrogens (primary N) is 4. The van der Waals surface area contributed by atoms with Crippen LogP contribution in [0, 0.1) is 0 Å². The normalized spacial score (nSPS) is 14.1. The summed E-state index contributed by atoms with van der Waals surface area (Å²) in [4.78, 5) is 62.7. The molecule has 9 N–H and O–H groups in total. The number of nitrogen functional groups attached to an aromatic ring is 4. The van der Waals surface area contributed by atoms with E-state index in [1.165, 1.54) is 103 Å². The number of benzene rings is 6. The average molecular weight is 1760 g/mol. The first kappa shape index (κ1) is 82.7. The number of esters is 2. The summed E-state index contributed by atoms with van der Waals surface area (Å²) in [6, 6.07) is 23.7. The molecule has 0 atom stereocenters. The summed E-state index contributed by atoms with van der Waals surface area (Å²) >= 11 is 13.2. The Labute approximate surface area is 636 Å². The average Bonchev–Trinajstić information content (AvgIpc) is 1.79. The van der Waals surface area contributed by atoms with Crippen LogP contribution < -0.4 is 33.2 Å². The molecule has 6 aromatic rings. The zero-order valence-corrected chi connectivity index (χ0v) is 70.0. The molecule has 6 aliphatic rings. The van der Waals surface area contributed by atoms with E-state index in [0.717, 1.165) is 126 Å². The number of rotatable bonds is 4. The predicted octanol–water partition coefficient (Wildman–Crippen LogP) is 20.2. The Morgan fingerprint density at radius 2 is 0.828 bits per heavy atom. The van der Waals surface area contributed by atoms with Gasteiger partial charge in [-0.15, -0.1) is 0 Å². The summed E-state index contributed by atoms with van der Waals surface area (Å²) < 4.78 is 30.4.